The third-order valence-electron chi connectivity index (χ3n) is 3.64. The number of aromatic hydroxyl groups is 1. The number of carbonyl (C=O) groups is 1. The van der Waals surface area contributed by atoms with Crippen LogP contribution in [0, 0.1) is 24.0 Å². The first kappa shape index (κ1) is 16.9. The lowest BCUT2D eigenvalue weighted by molar-refractivity contribution is -0.384. The van der Waals surface area contributed by atoms with E-state index in [9.17, 15) is 20.0 Å². The molecule has 2 rings (SSSR count). The van der Waals surface area contributed by atoms with Gasteiger partial charge in [-0.1, -0.05) is 0 Å². The maximum absolute atomic E-state index is 12.6. The van der Waals surface area contributed by atoms with Crippen LogP contribution in [0.4, 0.5) is 5.69 Å². The number of aryl methyl sites for hydroxylation is 2. The first-order valence-corrected chi connectivity index (χ1v) is 7.72. The van der Waals surface area contributed by atoms with Gasteiger partial charge in [0.25, 0.3) is 11.6 Å². The highest BCUT2D eigenvalue weighted by molar-refractivity contribution is 7.11. The SMILES string of the molecule is Cc1nc(C)c([C@@H](C)N(C)C(=O)c2ccc([N+](=O)[O-])cc2O)s1. The van der Waals surface area contributed by atoms with Gasteiger partial charge in [0.2, 0.25) is 0 Å². The number of nitro groups is 1. The van der Waals surface area contributed by atoms with Crippen molar-refractivity contribution >= 4 is 22.9 Å². The number of non-ortho nitro benzene ring substituents is 1. The summed E-state index contributed by atoms with van der Waals surface area (Å²) in [4.78, 5) is 29.4. The standard InChI is InChI=1S/C15H17N3O4S/c1-8-14(23-10(3)16-8)9(2)17(4)15(20)12-6-5-11(18(21)22)7-13(12)19/h5-7,9,19H,1-4H3/t9-/m1/s1. The highest BCUT2D eigenvalue weighted by Gasteiger charge is 2.25. The lowest BCUT2D eigenvalue weighted by atomic mass is 10.1. The molecule has 122 valence electrons. The minimum absolute atomic E-state index is 0.0313. The van der Waals surface area contributed by atoms with Crippen LogP contribution in [-0.2, 0) is 0 Å². The van der Waals surface area contributed by atoms with E-state index >= 15 is 0 Å². The minimum atomic E-state index is -0.621. The van der Waals surface area contributed by atoms with Gasteiger partial charge in [-0.3, -0.25) is 14.9 Å². The average Bonchev–Trinajstić information content (AvgIpc) is 2.83. The number of rotatable bonds is 4. The van der Waals surface area contributed by atoms with Crippen molar-refractivity contribution in [2.45, 2.75) is 26.8 Å². The predicted molar refractivity (Wildman–Crippen MR) is 86.9 cm³/mol. The van der Waals surface area contributed by atoms with Crippen LogP contribution in [0.3, 0.4) is 0 Å². The van der Waals surface area contributed by atoms with Crippen LogP contribution in [0.5, 0.6) is 5.75 Å². The second kappa shape index (κ2) is 6.33. The second-order valence-corrected chi connectivity index (χ2v) is 6.47. The molecule has 23 heavy (non-hydrogen) atoms. The number of hydrogen-bond acceptors (Lipinski definition) is 6. The number of nitro benzene ring substituents is 1. The third-order valence-corrected chi connectivity index (χ3v) is 4.89. The van der Waals surface area contributed by atoms with Crippen LogP contribution >= 0.6 is 11.3 Å². The van der Waals surface area contributed by atoms with Gasteiger partial charge in [-0.05, 0) is 26.8 Å². The molecule has 0 spiro atoms. The zero-order chi connectivity index (χ0) is 17.3. The zero-order valence-electron chi connectivity index (χ0n) is 13.2. The number of phenols is 1. The van der Waals surface area contributed by atoms with Crippen molar-refractivity contribution in [1.82, 2.24) is 9.88 Å². The highest BCUT2D eigenvalue weighted by Crippen LogP contribution is 2.31. The Hall–Kier alpha value is -2.48. The van der Waals surface area contributed by atoms with Gasteiger partial charge in [-0.2, -0.15) is 0 Å². The Morgan fingerprint density at radius 1 is 1.43 bits per heavy atom. The van der Waals surface area contributed by atoms with Gasteiger partial charge in [0, 0.05) is 18.0 Å². The predicted octanol–water partition coefficient (Wildman–Crippen LogP) is 3.21. The number of phenolic OH excluding ortho intramolecular Hbond substituents is 1. The van der Waals surface area contributed by atoms with E-state index in [0.717, 1.165) is 21.6 Å². The first-order valence-electron chi connectivity index (χ1n) is 6.91. The van der Waals surface area contributed by atoms with E-state index in [0.29, 0.717) is 0 Å². The van der Waals surface area contributed by atoms with Gasteiger partial charge in [-0.25, -0.2) is 4.98 Å². The molecule has 8 heteroatoms. The molecule has 0 unspecified atom stereocenters. The maximum atomic E-state index is 12.6. The topological polar surface area (TPSA) is 96.6 Å². The molecule has 1 heterocycles. The molecule has 0 radical (unpaired) electrons. The van der Waals surface area contributed by atoms with E-state index in [-0.39, 0.29) is 17.3 Å². The molecule has 0 saturated carbocycles. The van der Waals surface area contributed by atoms with Crippen LogP contribution in [-0.4, -0.2) is 32.9 Å². The lowest BCUT2D eigenvalue weighted by Crippen LogP contribution is -2.29. The average molecular weight is 335 g/mol. The first-order chi connectivity index (χ1) is 10.7. The van der Waals surface area contributed by atoms with Crippen molar-refractivity contribution in [3.63, 3.8) is 0 Å². The fourth-order valence-corrected chi connectivity index (χ4v) is 3.31. The fourth-order valence-electron chi connectivity index (χ4n) is 2.29. The van der Waals surface area contributed by atoms with Gasteiger partial charge in [0.15, 0.2) is 0 Å². The Morgan fingerprint density at radius 2 is 2.09 bits per heavy atom. The Balaban J connectivity index is 2.29. The summed E-state index contributed by atoms with van der Waals surface area (Å²) >= 11 is 1.52. The largest absolute Gasteiger partial charge is 0.507 e. The zero-order valence-corrected chi connectivity index (χ0v) is 14.0. The molecular formula is C15H17N3O4S. The lowest BCUT2D eigenvalue weighted by Gasteiger charge is -2.24. The molecule has 1 N–H and O–H groups in total. The quantitative estimate of drug-likeness (QED) is 0.683. The van der Waals surface area contributed by atoms with Crippen LogP contribution in [0.1, 0.15) is 38.9 Å². The molecule has 1 aromatic carbocycles. The van der Waals surface area contributed by atoms with Crippen molar-refractivity contribution in [3.8, 4) is 5.75 Å². The number of benzene rings is 1. The Kier molecular flexibility index (Phi) is 4.65. The van der Waals surface area contributed by atoms with Gasteiger partial charge >= 0.3 is 0 Å². The number of amides is 1. The third kappa shape index (κ3) is 3.31. The van der Waals surface area contributed by atoms with Gasteiger partial charge in [-0.15, -0.1) is 11.3 Å². The summed E-state index contributed by atoms with van der Waals surface area (Å²) in [5.74, 6) is -0.809. The van der Waals surface area contributed by atoms with E-state index in [2.05, 4.69) is 4.98 Å². The Morgan fingerprint density at radius 3 is 2.57 bits per heavy atom. The van der Waals surface area contributed by atoms with E-state index in [4.69, 9.17) is 0 Å². The molecule has 2 aromatic rings. The molecular weight excluding hydrogens is 318 g/mol. The molecule has 0 bridgehead atoms. The fraction of sp³-hybridized carbons (Fsp3) is 0.333. The molecule has 1 atom stereocenters. The normalized spacial score (nSPS) is 12.0. The Bertz CT molecular complexity index is 772. The Labute approximate surface area is 137 Å². The number of hydrogen-bond donors (Lipinski definition) is 1. The summed E-state index contributed by atoms with van der Waals surface area (Å²) < 4.78 is 0. The second-order valence-electron chi connectivity index (χ2n) is 5.23. The monoisotopic (exact) mass is 335 g/mol. The summed E-state index contributed by atoms with van der Waals surface area (Å²) in [5, 5.41) is 21.5. The molecule has 1 amide bonds. The molecule has 0 aliphatic rings. The van der Waals surface area contributed by atoms with E-state index in [1.807, 2.05) is 20.8 Å². The van der Waals surface area contributed by atoms with Gasteiger partial charge < -0.3 is 10.0 Å². The summed E-state index contributed by atoms with van der Waals surface area (Å²) in [7, 11) is 1.63. The van der Waals surface area contributed by atoms with E-state index in [1.54, 1.807) is 7.05 Å². The summed E-state index contributed by atoms with van der Waals surface area (Å²) in [6, 6.07) is 3.23. The molecule has 0 aliphatic carbocycles. The van der Waals surface area contributed by atoms with Crippen molar-refractivity contribution in [2.24, 2.45) is 0 Å². The van der Waals surface area contributed by atoms with Crippen molar-refractivity contribution in [1.29, 1.82) is 0 Å². The number of aromatic nitrogens is 1. The van der Waals surface area contributed by atoms with Crippen molar-refractivity contribution < 1.29 is 14.8 Å². The van der Waals surface area contributed by atoms with Gasteiger partial charge in [0.1, 0.15) is 5.75 Å². The molecule has 0 fully saturated rings. The van der Waals surface area contributed by atoms with Crippen molar-refractivity contribution in [2.75, 3.05) is 7.05 Å². The molecule has 7 nitrogen and oxygen atoms in total. The summed E-state index contributed by atoms with van der Waals surface area (Å²) in [6.07, 6.45) is 0. The summed E-state index contributed by atoms with van der Waals surface area (Å²) in [6.45, 7) is 5.66. The molecule has 1 aromatic heterocycles. The highest BCUT2D eigenvalue weighted by atomic mass is 32.1. The van der Waals surface area contributed by atoms with Crippen molar-refractivity contribution in [3.05, 3.63) is 49.5 Å². The number of thiazole rings is 1. The number of nitrogens with zero attached hydrogens (tertiary/aromatic N) is 3. The number of carbonyl (C=O) groups excluding carboxylic acids is 1. The molecule has 0 aliphatic heterocycles. The van der Waals surface area contributed by atoms with Crippen LogP contribution in [0.25, 0.3) is 0 Å². The maximum Gasteiger partial charge on any atom is 0.273 e. The molecule has 0 saturated heterocycles. The van der Waals surface area contributed by atoms with E-state index in [1.165, 1.54) is 28.4 Å². The van der Waals surface area contributed by atoms with Crippen LogP contribution in [0.15, 0.2) is 18.2 Å². The summed E-state index contributed by atoms with van der Waals surface area (Å²) in [5.41, 5.74) is 0.639. The van der Waals surface area contributed by atoms with E-state index < -0.39 is 16.6 Å². The smallest absolute Gasteiger partial charge is 0.273 e. The van der Waals surface area contributed by atoms with Crippen LogP contribution < -0.4 is 0 Å². The minimum Gasteiger partial charge on any atom is -0.507 e. The van der Waals surface area contributed by atoms with Gasteiger partial charge in [0.05, 0.1) is 33.3 Å². The van der Waals surface area contributed by atoms with Crippen LogP contribution in [0.2, 0.25) is 0 Å².